The number of halogens is 2. The van der Waals surface area contributed by atoms with E-state index in [1.807, 2.05) is 0 Å². The Morgan fingerprint density at radius 3 is 1.38 bits per heavy atom. The normalized spacial score (nSPS) is 15.7. The molecule has 0 fully saturated rings. The van der Waals surface area contributed by atoms with Gasteiger partial charge in [-0.2, -0.15) is 0 Å². The fraction of sp³-hybridized carbons (Fsp3) is 0.341. The zero-order valence-electron chi connectivity index (χ0n) is 29.8. The SMILES string of the molecule is CC1=[C]([Zr+2](=[C](c2ccc(C(C)(C)C)cc2)c2ccc(C(C)(C)C)cc2)[CH]2c3ccccc3-c3ccccc32)C(C)C=C1C(C)C.[Cl-].[Cl-]. The maximum absolute atomic E-state index is 2.83. The Labute approximate surface area is 304 Å². The second kappa shape index (κ2) is 14.3. The van der Waals surface area contributed by atoms with Crippen LogP contribution in [0.5, 0.6) is 0 Å². The first-order valence-electron chi connectivity index (χ1n) is 16.8. The Bertz CT molecular complexity index is 1730. The third-order valence-corrected chi connectivity index (χ3v) is 19.3. The molecule has 3 heteroatoms. The van der Waals surface area contributed by atoms with Gasteiger partial charge in [0.15, 0.2) is 0 Å². The molecule has 4 aromatic carbocycles. The van der Waals surface area contributed by atoms with E-state index in [1.54, 1.807) is 17.6 Å². The summed E-state index contributed by atoms with van der Waals surface area (Å²) in [6.07, 6.45) is 2.60. The molecule has 0 radical (unpaired) electrons. The van der Waals surface area contributed by atoms with Gasteiger partial charge in [0.2, 0.25) is 0 Å². The average Bonchev–Trinajstić information content (AvgIpc) is 3.49. The van der Waals surface area contributed by atoms with Crippen LogP contribution in [0.15, 0.2) is 118 Å². The van der Waals surface area contributed by atoms with Gasteiger partial charge in [0.25, 0.3) is 0 Å². The van der Waals surface area contributed by atoms with Crippen molar-refractivity contribution in [3.63, 3.8) is 0 Å². The van der Waals surface area contributed by atoms with Crippen molar-refractivity contribution in [1.29, 1.82) is 0 Å². The van der Waals surface area contributed by atoms with E-state index in [1.165, 1.54) is 44.5 Å². The quantitative estimate of drug-likeness (QED) is 0.245. The third kappa shape index (κ3) is 7.06. The van der Waals surface area contributed by atoms with E-state index in [0.29, 0.717) is 15.5 Å². The molecule has 0 spiro atoms. The van der Waals surface area contributed by atoms with Crippen LogP contribution in [0.1, 0.15) is 106 Å². The first-order valence-corrected chi connectivity index (χ1v) is 20.7. The molecule has 0 amide bonds. The molecule has 0 heterocycles. The zero-order valence-corrected chi connectivity index (χ0v) is 33.8. The molecule has 0 saturated heterocycles. The summed E-state index contributed by atoms with van der Waals surface area (Å²) >= 11 is -2.83. The van der Waals surface area contributed by atoms with Crippen molar-refractivity contribution >= 4 is 3.21 Å². The van der Waals surface area contributed by atoms with Gasteiger partial charge < -0.3 is 24.8 Å². The monoisotopic (exact) mass is 738 g/mol. The van der Waals surface area contributed by atoms with E-state index in [2.05, 4.69) is 172 Å². The molecule has 2 aliphatic carbocycles. The van der Waals surface area contributed by atoms with E-state index < -0.39 is 21.3 Å². The number of rotatable bonds is 5. The minimum Gasteiger partial charge on any atom is -1.00 e. The van der Waals surface area contributed by atoms with Crippen LogP contribution >= 0.6 is 0 Å². The Kier molecular flexibility index (Phi) is 11.4. The van der Waals surface area contributed by atoms with Gasteiger partial charge in [-0.15, -0.1) is 0 Å². The molecule has 1 atom stereocenters. The van der Waals surface area contributed by atoms with Crippen LogP contribution < -0.4 is 24.8 Å². The van der Waals surface area contributed by atoms with Gasteiger partial charge in [0.05, 0.1) is 0 Å². The van der Waals surface area contributed by atoms with Crippen molar-refractivity contribution in [1.82, 2.24) is 0 Å². The van der Waals surface area contributed by atoms with Crippen molar-refractivity contribution < 1.29 is 46.1 Å². The number of benzene rings is 4. The van der Waals surface area contributed by atoms with Gasteiger partial charge in [-0.3, -0.25) is 0 Å². The molecule has 0 bridgehead atoms. The maximum atomic E-state index is 2.60. The number of fused-ring (bicyclic) bond motifs is 3. The fourth-order valence-corrected chi connectivity index (χ4v) is 17.7. The standard InChI is InChI=1S/C21H26.C13H9.C10H15.2ClH.Zr/c1-20(2,3)18-11-7-16(8-12-18)15-17-9-13-19(14-10-17)21(4,5)6;1-3-7-12-10(5-1)9-11-6-2-4-8-13(11)12;1-7(2)10-6-8(3)5-9(10)4;;;/h7-14H,1-6H3;1-9H;6-8H,1-4H3;2*1H;/q;;;;;+2/p-2. The molecule has 244 valence electrons. The van der Waals surface area contributed by atoms with Crippen LogP contribution in [-0.2, 0) is 32.1 Å². The Balaban J connectivity index is 0.00000250. The number of allylic oxidation sites excluding steroid dienone is 4. The molecule has 0 aromatic heterocycles. The molecular weight excluding hydrogens is 691 g/mol. The van der Waals surface area contributed by atoms with Crippen LogP contribution in [0.2, 0.25) is 0 Å². The van der Waals surface area contributed by atoms with Crippen LogP contribution in [0, 0.1) is 11.8 Å². The van der Waals surface area contributed by atoms with Crippen molar-refractivity contribution in [3.8, 4) is 11.1 Å². The summed E-state index contributed by atoms with van der Waals surface area (Å²) in [7, 11) is 0. The molecule has 47 heavy (non-hydrogen) atoms. The summed E-state index contributed by atoms with van der Waals surface area (Å²) in [5.74, 6) is 0.979. The van der Waals surface area contributed by atoms with E-state index in [4.69, 9.17) is 0 Å². The summed E-state index contributed by atoms with van der Waals surface area (Å²) in [5.41, 5.74) is 14.9. The van der Waals surface area contributed by atoms with Crippen LogP contribution in [0.3, 0.4) is 0 Å². The number of hydrogen-bond donors (Lipinski definition) is 0. The van der Waals surface area contributed by atoms with E-state index in [0.717, 1.165) is 0 Å². The smallest absolute Gasteiger partial charge is 1.00 e. The minimum absolute atomic E-state index is 0. The predicted octanol–water partition coefficient (Wildman–Crippen LogP) is 5.75. The maximum Gasteiger partial charge on any atom is -1.00 e. The minimum atomic E-state index is -2.83. The van der Waals surface area contributed by atoms with Crippen LogP contribution in [0.4, 0.5) is 0 Å². The Hall–Kier alpha value is -2.31. The molecule has 0 nitrogen and oxygen atoms in total. The predicted molar refractivity (Wildman–Crippen MR) is 192 cm³/mol. The molecule has 0 aliphatic heterocycles. The van der Waals surface area contributed by atoms with Crippen molar-refractivity contribution in [3.05, 3.63) is 151 Å². The van der Waals surface area contributed by atoms with Gasteiger partial charge in [-0.1, -0.05) is 0 Å². The second-order valence-electron chi connectivity index (χ2n) is 15.7. The van der Waals surface area contributed by atoms with Gasteiger partial charge in [0, 0.05) is 0 Å². The first-order chi connectivity index (χ1) is 21.3. The first kappa shape index (κ1) is 37.5. The largest absolute Gasteiger partial charge is 1.00 e. The summed E-state index contributed by atoms with van der Waals surface area (Å²) in [4.78, 5) is 0. The Morgan fingerprint density at radius 2 is 1.02 bits per heavy atom. The summed E-state index contributed by atoms with van der Waals surface area (Å²) in [6, 6.07) is 38.0. The van der Waals surface area contributed by atoms with Gasteiger partial charge in [-0.05, 0) is 0 Å². The van der Waals surface area contributed by atoms with Crippen LogP contribution in [0.25, 0.3) is 11.1 Å². The molecule has 0 saturated carbocycles. The zero-order chi connectivity index (χ0) is 32.3. The molecule has 2 aliphatic rings. The van der Waals surface area contributed by atoms with Gasteiger partial charge >= 0.3 is 282 Å². The van der Waals surface area contributed by atoms with Crippen molar-refractivity contribution in [2.45, 2.75) is 83.7 Å². The fourth-order valence-electron chi connectivity index (χ4n) is 7.70. The summed E-state index contributed by atoms with van der Waals surface area (Å²) in [5, 5.41) is 0. The molecule has 1 unspecified atom stereocenters. The van der Waals surface area contributed by atoms with Gasteiger partial charge in [0.1, 0.15) is 0 Å². The molecule has 6 rings (SSSR count). The van der Waals surface area contributed by atoms with Crippen molar-refractivity contribution in [2.75, 3.05) is 0 Å². The number of hydrogen-bond acceptors (Lipinski definition) is 0. The summed E-state index contributed by atoms with van der Waals surface area (Å²) < 4.78 is 3.83. The molecule has 0 N–H and O–H groups in total. The van der Waals surface area contributed by atoms with E-state index >= 15 is 0 Å². The molecule has 4 aromatic rings. The third-order valence-electron chi connectivity index (χ3n) is 10.1. The average molecular weight is 741 g/mol. The second-order valence-corrected chi connectivity index (χ2v) is 21.7. The topological polar surface area (TPSA) is 0 Å². The molecular formula is C44H50Cl2Zr. The van der Waals surface area contributed by atoms with Crippen molar-refractivity contribution in [2.24, 2.45) is 11.8 Å². The van der Waals surface area contributed by atoms with Gasteiger partial charge in [-0.25, -0.2) is 0 Å². The Morgan fingerprint density at radius 1 is 0.617 bits per heavy atom. The van der Waals surface area contributed by atoms with Crippen LogP contribution in [-0.4, -0.2) is 3.21 Å². The van der Waals surface area contributed by atoms with E-state index in [9.17, 15) is 0 Å². The van der Waals surface area contributed by atoms with E-state index in [-0.39, 0.29) is 35.6 Å². The summed E-state index contributed by atoms with van der Waals surface area (Å²) in [6.45, 7) is 23.6.